The van der Waals surface area contributed by atoms with Gasteiger partial charge in [0.1, 0.15) is 0 Å². The zero-order valence-corrected chi connectivity index (χ0v) is 8.16. The van der Waals surface area contributed by atoms with Crippen molar-refractivity contribution in [2.24, 2.45) is 0 Å². The minimum atomic E-state index is 0.444. The van der Waals surface area contributed by atoms with Gasteiger partial charge in [0.25, 0.3) is 0 Å². The van der Waals surface area contributed by atoms with Crippen LogP contribution in [0.4, 0.5) is 0 Å². The van der Waals surface area contributed by atoms with E-state index in [9.17, 15) is 0 Å². The van der Waals surface area contributed by atoms with Crippen LogP contribution < -0.4 is 0 Å². The zero-order valence-electron chi connectivity index (χ0n) is 8.16. The summed E-state index contributed by atoms with van der Waals surface area (Å²) in [6.07, 6.45) is 2.40. The van der Waals surface area contributed by atoms with Gasteiger partial charge in [-0.25, -0.2) is 0 Å². The van der Waals surface area contributed by atoms with Gasteiger partial charge in [-0.3, -0.25) is 0 Å². The Hall–Kier alpha value is -0.900. The molecule has 1 aliphatic rings. The molecule has 4 nitrogen and oxygen atoms in total. The molecule has 2 rings (SSSR count). The van der Waals surface area contributed by atoms with Crippen LogP contribution in [0, 0.1) is 6.92 Å². The Kier molecular flexibility index (Phi) is 2.31. The van der Waals surface area contributed by atoms with Crippen molar-refractivity contribution < 1.29 is 4.52 Å². The summed E-state index contributed by atoms with van der Waals surface area (Å²) < 4.78 is 5.16. The van der Waals surface area contributed by atoms with Crippen molar-refractivity contribution in [3.05, 3.63) is 11.7 Å². The van der Waals surface area contributed by atoms with Crippen LogP contribution in [0.5, 0.6) is 0 Å². The molecule has 2 heterocycles. The molecular weight excluding hydrogens is 166 g/mol. The van der Waals surface area contributed by atoms with E-state index in [1.807, 2.05) is 6.92 Å². The summed E-state index contributed by atoms with van der Waals surface area (Å²) in [4.78, 5) is 6.58. The standard InChI is InChI=1S/C9H15N3O/c1-7-10-9(13-11-7)8-4-3-5-12(2)6-8/h8H,3-6H2,1-2H3. The monoisotopic (exact) mass is 181 g/mol. The normalized spacial score (nSPS) is 24.9. The van der Waals surface area contributed by atoms with Gasteiger partial charge in [0, 0.05) is 6.54 Å². The number of nitrogens with zero attached hydrogens (tertiary/aromatic N) is 3. The number of rotatable bonds is 1. The Labute approximate surface area is 77.9 Å². The smallest absolute Gasteiger partial charge is 0.231 e. The number of aromatic nitrogens is 2. The predicted molar refractivity (Wildman–Crippen MR) is 48.5 cm³/mol. The second-order valence-electron chi connectivity index (χ2n) is 3.78. The Morgan fingerprint density at radius 2 is 2.38 bits per heavy atom. The van der Waals surface area contributed by atoms with Crippen LogP contribution in [0.15, 0.2) is 4.52 Å². The molecule has 0 amide bonds. The van der Waals surface area contributed by atoms with Gasteiger partial charge in [0.2, 0.25) is 5.89 Å². The van der Waals surface area contributed by atoms with E-state index in [1.165, 1.54) is 19.4 Å². The maximum atomic E-state index is 5.16. The van der Waals surface area contributed by atoms with Gasteiger partial charge in [-0.1, -0.05) is 5.16 Å². The van der Waals surface area contributed by atoms with E-state index in [1.54, 1.807) is 0 Å². The highest BCUT2D eigenvalue weighted by Crippen LogP contribution is 2.24. The molecule has 0 aromatic carbocycles. The lowest BCUT2D eigenvalue weighted by Gasteiger charge is -2.27. The molecule has 0 aliphatic carbocycles. The van der Waals surface area contributed by atoms with Gasteiger partial charge in [-0.05, 0) is 33.4 Å². The zero-order chi connectivity index (χ0) is 9.26. The molecule has 0 radical (unpaired) electrons. The molecule has 0 saturated carbocycles. The van der Waals surface area contributed by atoms with Gasteiger partial charge in [0.15, 0.2) is 5.82 Å². The van der Waals surface area contributed by atoms with E-state index in [4.69, 9.17) is 4.52 Å². The molecule has 4 heteroatoms. The molecular formula is C9H15N3O. The minimum absolute atomic E-state index is 0.444. The number of hydrogen-bond acceptors (Lipinski definition) is 4. The number of likely N-dealkylation sites (tertiary alicyclic amines) is 1. The molecule has 72 valence electrons. The maximum Gasteiger partial charge on any atom is 0.231 e. The topological polar surface area (TPSA) is 42.2 Å². The Morgan fingerprint density at radius 3 is 3.00 bits per heavy atom. The van der Waals surface area contributed by atoms with Crippen molar-refractivity contribution in [1.82, 2.24) is 15.0 Å². The Morgan fingerprint density at radius 1 is 1.54 bits per heavy atom. The highest BCUT2D eigenvalue weighted by Gasteiger charge is 2.23. The van der Waals surface area contributed by atoms with Crippen molar-refractivity contribution in [1.29, 1.82) is 0 Å². The number of aryl methyl sites for hydroxylation is 1. The van der Waals surface area contributed by atoms with Crippen LogP contribution >= 0.6 is 0 Å². The molecule has 1 aromatic rings. The fourth-order valence-corrected chi connectivity index (χ4v) is 1.85. The highest BCUT2D eigenvalue weighted by atomic mass is 16.5. The first kappa shape index (κ1) is 8.69. The number of piperidine rings is 1. The SMILES string of the molecule is Cc1noc(C2CCCN(C)C2)n1. The van der Waals surface area contributed by atoms with Crippen LogP contribution in [-0.4, -0.2) is 35.2 Å². The van der Waals surface area contributed by atoms with Crippen LogP contribution in [0.1, 0.15) is 30.5 Å². The molecule has 1 saturated heterocycles. The van der Waals surface area contributed by atoms with Gasteiger partial charge >= 0.3 is 0 Å². The Bertz CT molecular complexity index is 284. The summed E-state index contributed by atoms with van der Waals surface area (Å²) in [5.41, 5.74) is 0. The van der Waals surface area contributed by atoms with Crippen LogP contribution in [0.25, 0.3) is 0 Å². The molecule has 0 spiro atoms. The number of likely N-dealkylation sites (N-methyl/N-ethyl adjacent to an activating group) is 1. The molecule has 1 aromatic heterocycles. The van der Waals surface area contributed by atoms with Gasteiger partial charge in [-0.15, -0.1) is 0 Å². The van der Waals surface area contributed by atoms with Crippen LogP contribution in [0.2, 0.25) is 0 Å². The van der Waals surface area contributed by atoms with E-state index >= 15 is 0 Å². The third-order valence-corrected chi connectivity index (χ3v) is 2.52. The quantitative estimate of drug-likeness (QED) is 0.652. The fraction of sp³-hybridized carbons (Fsp3) is 0.778. The first-order valence-electron chi connectivity index (χ1n) is 4.74. The largest absolute Gasteiger partial charge is 0.339 e. The number of hydrogen-bond donors (Lipinski definition) is 0. The second kappa shape index (κ2) is 3.46. The first-order chi connectivity index (χ1) is 6.25. The van der Waals surface area contributed by atoms with E-state index in [0.29, 0.717) is 5.92 Å². The lowest BCUT2D eigenvalue weighted by atomic mass is 9.99. The van der Waals surface area contributed by atoms with Crippen molar-refractivity contribution in [2.75, 3.05) is 20.1 Å². The summed E-state index contributed by atoms with van der Waals surface area (Å²) in [5, 5.41) is 3.81. The maximum absolute atomic E-state index is 5.16. The molecule has 1 atom stereocenters. The third-order valence-electron chi connectivity index (χ3n) is 2.52. The van der Waals surface area contributed by atoms with E-state index in [2.05, 4.69) is 22.1 Å². The van der Waals surface area contributed by atoms with Gasteiger partial charge in [0.05, 0.1) is 5.92 Å². The van der Waals surface area contributed by atoms with E-state index in [-0.39, 0.29) is 0 Å². The third kappa shape index (κ3) is 1.88. The summed E-state index contributed by atoms with van der Waals surface area (Å²) >= 11 is 0. The lowest BCUT2D eigenvalue weighted by molar-refractivity contribution is 0.220. The van der Waals surface area contributed by atoms with Gasteiger partial charge < -0.3 is 9.42 Å². The van der Waals surface area contributed by atoms with Crippen molar-refractivity contribution in [2.45, 2.75) is 25.7 Å². The highest BCUT2D eigenvalue weighted by molar-refractivity contribution is 4.95. The van der Waals surface area contributed by atoms with Gasteiger partial charge in [-0.2, -0.15) is 4.98 Å². The average molecular weight is 181 g/mol. The van der Waals surface area contributed by atoms with Crippen LogP contribution in [0.3, 0.4) is 0 Å². The van der Waals surface area contributed by atoms with Crippen molar-refractivity contribution in [3.8, 4) is 0 Å². The summed E-state index contributed by atoms with van der Waals surface area (Å²) in [6.45, 7) is 4.09. The summed E-state index contributed by atoms with van der Waals surface area (Å²) in [5.74, 6) is 1.99. The predicted octanol–water partition coefficient (Wildman–Crippen LogP) is 1.19. The summed E-state index contributed by atoms with van der Waals surface area (Å²) in [6, 6.07) is 0. The minimum Gasteiger partial charge on any atom is -0.339 e. The summed E-state index contributed by atoms with van der Waals surface area (Å²) in [7, 11) is 2.13. The van der Waals surface area contributed by atoms with Crippen molar-refractivity contribution in [3.63, 3.8) is 0 Å². The fourth-order valence-electron chi connectivity index (χ4n) is 1.85. The Balaban J connectivity index is 2.08. The van der Waals surface area contributed by atoms with Crippen LogP contribution in [-0.2, 0) is 0 Å². The molecule has 13 heavy (non-hydrogen) atoms. The van der Waals surface area contributed by atoms with E-state index < -0.39 is 0 Å². The molecule has 1 fully saturated rings. The molecule has 0 N–H and O–H groups in total. The molecule has 1 unspecified atom stereocenters. The second-order valence-corrected chi connectivity index (χ2v) is 3.78. The van der Waals surface area contributed by atoms with Crippen molar-refractivity contribution >= 4 is 0 Å². The average Bonchev–Trinajstić information content (AvgIpc) is 2.52. The van der Waals surface area contributed by atoms with E-state index in [0.717, 1.165) is 18.3 Å². The molecule has 1 aliphatic heterocycles. The lowest BCUT2D eigenvalue weighted by Crippen LogP contribution is -2.30. The first-order valence-corrected chi connectivity index (χ1v) is 4.74. The molecule has 0 bridgehead atoms.